The van der Waals surface area contributed by atoms with Crippen LogP contribution < -0.4 is 5.32 Å². The molecule has 0 saturated heterocycles. The summed E-state index contributed by atoms with van der Waals surface area (Å²) in [4.78, 5) is 12.1. The van der Waals surface area contributed by atoms with Gasteiger partial charge in [-0.3, -0.25) is 4.79 Å². The Kier molecular flexibility index (Phi) is 14.3. The molecule has 0 aliphatic carbocycles. The van der Waals surface area contributed by atoms with Gasteiger partial charge in [-0.1, -0.05) is 95.6 Å². The predicted molar refractivity (Wildman–Crippen MR) is 128 cm³/mol. The van der Waals surface area contributed by atoms with E-state index in [1.54, 1.807) is 0 Å². The largest absolute Gasteiger partial charge is 0.326 e. The molecule has 0 atom stereocenters. The Morgan fingerprint density at radius 3 is 1.89 bits per heavy atom. The number of amides is 1. The summed E-state index contributed by atoms with van der Waals surface area (Å²) in [5.74, 6) is 0.110. The quantitative estimate of drug-likeness (QED) is 0.187. The molecule has 0 bridgehead atoms. The highest BCUT2D eigenvalue weighted by molar-refractivity contribution is 14.1. The maximum Gasteiger partial charge on any atom is 0.224 e. The maximum absolute atomic E-state index is 12.1. The zero-order valence-electron chi connectivity index (χ0n) is 17.2. The van der Waals surface area contributed by atoms with E-state index in [1.807, 2.05) is 19.1 Å². The standard InChI is InChI=1S/C23H37ClINO/c1-3-4-5-6-7-8-9-10-11-12-13-14-15-16-23(27)26-22-18-21(25)20(24)17-19(22)2/h17-18H,3-16H2,1-2H3,(H,26,27). The molecule has 1 amide bonds. The summed E-state index contributed by atoms with van der Waals surface area (Å²) >= 11 is 8.29. The summed E-state index contributed by atoms with van der Waals surface area (Å²) in [6.45, 7) is 4.25. The summed E-state index contributed by atoms with van der Waals surface area (Å²) < 4.78 is 0.969. The lowest BCUT2D eigenvalue weighted by Gasteiger charge is -2.10. The van der Waals surface area contributed by atoms with E-state index in [0.29, 0.717) is 6.42 Å². The first-order valence-corrected chi connectivity index (χ1v) is 12.3. The molecule has 0 radical (unpaired) electrons. The first-order chi connectivity index (χ1) is 13.0. The minimum atomic E-state index is 0.110. The molecule has 27 heavy (non-hydrogen) atoms. The van der Waals surface area contributed by atoms with Gasteiger partial charge in [-0.2, -0.15) is 0 Å². The lowest BCUT2D eigenvalue weighted by Crippen LogP contribution is -2.12. The van der Waals surface area contributed by atoms with Gasteiger partial charge in [-0.15, -0.1) is 0 Å². The summed E-state index contributed by atoms with van der Waals surface area (Å²) in [6.07, 6.45) is 17.8. The summed E-state index contributed by atoms with van der Waals surface area (Å²) in [6, 6.07) is 3.85. The van der Waals surface area contributed by atoms with Gasteiger partial charge in [0.05, 0.1) is 5.02 Å². The number of aryl methyl sites for hydroxylation is 1. The first kappa shape index (κ1) is 24.7. The molecule has 4 heteroatoms. The molecular formula is C23H37ClINO. The summed E-state index contributed by atoms with van der Waals surface area (Å²) in [5.41, 5.74) is 1.89. The molecule has 0 heterocycles. The minimum absolute atomic E-state index is 0.110. The van der Waals surface area contributed by atoms with Gasteiger partial charge in [0.15, 0.2) is 0 Å². The average molecular weight is 506 g/mol. The monoisotopic (exact) mass is 505 g/mol. The SMILES string of the molecule is CCCCCCCCCCCCCCCC(=O)Nc1cc(I)c(Cl)cc1C. The number of rotatable bonds is 15. The van der Waals surface area contributed by atoms with Crippen LogP contribution in [-0.4, -0.2) is 5.91 Å². The summed E-state index contributed by atoms with van der Waals surface area (Å²) in [5, 5.41) is 3.76. The van der Waals surface area contributed by atoms with Crippen LogP contribution in [0.2, 0.25) is 5.02 Å². The van der Waals surface area contributed by atoms with Gasteiger partial charge in [-0.25, -0.2) is 0 Å². The molecular weight excluding hydrogens is 469 g/mol. The lowest BCUT2D eigenvalue weighted by molar-refractivity contribution is -0.116. The van der Waals surface area contributed by atoms with Crippen LogP contribution in [0.5, 0.6) is 0 Å². The minimum Gasteiger partial charge on any atom is -0.326 e. The molecule has 0 aliphatic heterocycles. The van der Waals surface area contributed by atoms with E-state index < -0.39 is 0 Å². The van der Waals surface area contributed by atoms with Gasteiger partial charge in [0, 0.05) is 15.7 Å². The van der Waals surface area contributed by atoms with Crippen LogP contribution in [0.1, 0.15) is 102 Å². The molecule has 1 aromatic rings. The van der Waals surface area contributed by atoms with E-state index in [2.05, 4.69) is 34.8 Å². The Bertz CT molecular complexity index is 547. The molecule has 1 rings (SSSR count). The van der Waals surface area contributed by atoms with Crippen molar-refractivity contribution in [3.05, 3.63) is 26.3 Å². The molecule has 2 nitrogen and oxygen atoms in total. The Labute approximate surface area is 185 Å². The van der Waals surface area contributed by atoms with Crippen LogP contribution in [0.25, 0.3) is 0 Å². The fraction of sp³-hybridized carbons (Fsp3) is 0.696. The fourth-order valence-corrected chi connectivity index (χ4v) is 3.98. The zero-order chi connectivity index (χ0) is 19.9. The Morgan fingerprint density at radius 1 is 0.889 bits per heavy atom. The predicted octanol–water partition coefficient (Wildman–Crippen LogP) is 8.67. The highest BCUT2D eigenvalue weighted by Gasteiger charge is 2.07. The fourth-order valence-electron chi connectivity index (χ4n) is 3.30. The third-order valence-electron chi connectivity index (χ3n) is 5.05. The van der Waals surface area contributed by atoms with Crippen molar-refractivity contribution in [1.82, 2.24) is 0 Å². The number of carbonyl (C=O) groups is 1. The van der Waals surface area contributed by atoms with Crippen LogP contribution in [0.15, 0.2) is 12.1 Å². The number of hydrogen-bond donors (Lipinski definition) is 1. The van der Waals surface area contributed by atoms with Gasteiger partial charge in [0.2, 0.25) is 5.91 Å². The molecule has 154 valence electrons. The second-order valence-corrected chi connectivity index (χ2v) is 9.19. The number of hydrogen-bond acceptors (Lipinski definition) is 1. The highest BCUT2D eigenvalue weighted by atomic mass is 127. The third-order valence-corrected chi connectivity index (χ3v) is 6.57. The van der Waals surface area contributed by atoms with Crippen molar-refractivity contribution < 1.29 is 4.79 Å². The van der Waals surface area contributed by atoms with Gasteiger partial charge >= 0.3 is 0 Å². The van der Waals surface area contributed by atoms with E-state index in [0.717, 1.165) is 32.7 Å². The number of anilines is 1. The lowest BCUT2D eigenvalue weighted by atomic mass is 10.0. The van der Waals surface area contributed by atoms with E-state index >= 15 is 0 Å². The van der Waals surface area contributed by atoms with E-state index in [9.17, 15) is 4.79 Å². The van der Waals surface area contributed by atoms with Crippen LogP contribution in [0, 0.1) is 10.5 Å². The molecule has 0 aromatic heterocycles. The number of unbranched alkanes of at least 4 members (excludes halogenated alkanes) is 12. The van der Waals surface area contributed by atoms with Gasteiger partial charge in [0.1, 0.15) is 0 Å². The first-order valence-electron chi connectivity index (χ1n) is 10.8. The van der Waals surface area contributed by atoms with Crippen molar-refractivity contribution in [2.45, 2.75) is 104 Å². The summed E-state index contributed by atoms with van der Waals surface area (Å²) in [7, 11) is 0. The molecule has 0 fully saturated rings. The van der Waals surface area contributed by atoms with Crippen molar-refractivity contribution in [1.29, 1.82) is 0 Å². The van der Waals surface area contributed by atoms with Crippen LogP contribution in [0.3, 0.4) is 0 Å². The van der Waals surface area contributed by atoms with Gasteiger partial charge in [0.25, 0.3) is 0 Å². The number of nitrogens with one attached hydrogen (secondary N) is 1. The van der Waals surface area contributed by atoms with Gasteiger partial charge in [-0.05, 0) is 53.6 Å². The Hall–Kier alpha value is -0.290. The Morgan fingerprint density at radius 2 is 1.37 bits per heavy atom. The van der Waals surface area contributed by atoms with Crippen molar-refractivity contribution in [3.8, 4) is 0 Å². The van der Waals surface area contributed by atoms with Gasteiger partial charge < -0.3 is 5.32 Å². The molecule has 0 saturated carbocycles. The maximum atomic E-state index is 12.1. The zero-order valence-corrected chi connectivity index (χ0v) is 20.1. The topological polar surface area (TPSA) is 29.1 Å². The van der Waals surface area contributed by atoms with E-state index in [4.69, 9.17) is 11.6 Å². The van der Waals surface area contributed by atoms with Crippen molar-refractivity contribution in [2.75, 3.05) is 5.32 Å². The second-order valence-electron chi connectivity index (χ2n) is 7.62. The van der Waals surface area contributed by atoms with Crippen molar-refractivity contribution in [3.63, 3.8) is 0 Å². The van der Waals surface area contributed by atoms with Crippen LogP contribution >= 0.6 is 34.2 Å². The molecule has 0 unspecified atom stereocenters. The Balaban J connectivity index is 1.98. The second kappa shape index (κ2) is 15.6. The van der Waals surface area contributed by atoms with E-state index in [1.165, 1.54) is 70.6 Å². The molecule has 1 N–H and O–H groups in total. The highest BCUT2D eigenvalue weighted by Crippen LogP contribution is 2.26. The normalized spacial score (nSPS) is 11.0. The molecule has 0 spiro atoms. The van der Waals surface area contributed by atoms with Crippen LogP contribution in [-0.2, 0) is 4.79 Å². The molecule has 0 aliphatic rings. The smallest absolute Gasteiger partial charge is 0.224 e. The average Bonchev–Trinajstić information content (AvgIpc) is 2.63. The van der Waals surface area contributed by atoms with Crippen molar-refractivity contribution in [2.24, 2.45) is 0 Å². The van der Waals surface area contributed by atoms with E-state index in [-0.39, 0.29) is 5.91 Å². The van der Waals surface area contributed by atoms with Crippen molar-refractivity contribution >= 4 is 45.8 Å². The number of carbonyl (C=O) groups excluding carboxylic acids is 1. The number of halogens is 2. The number of benzene rings is 1. The molecule has 1 aromatic carbocycles. The van der Waals surface area contributed by atoms with Crippen LogP contribution in [0.4, 0.5) is 5.69 Å². The third kappa shape index (κ3) is 12.0.